The first-order valence-electron chi connectivity index (χ1n) is 12.3. The monoisotopic (exact) mass is 471 g/mol. The van der Waals surface area contributed by atoms with Gasteiger partial charge in [0.25, 0.3) is 0 Å². The molecule has 0 spiro atoms. The van der Waals surface area contributed by atoms with E-state index >= 15 is 0 Å². The summed E-state index contributed by atoms with van der Waals surface area (Å²) in [5.41, 5.74) is 8.38. The van der Waals surface area contributed by atoms with E-state index in [-0.39, 0.29) is 0 Å². The first kappa shape index (κ1) is 21.1. The Morgan fingerprint density at radius 1 is 0.541 bits per heavy atom. The lowest BCUT2D eigenvalue weighted by atomic mass is 10.00. The number of hydrogen-bond donors (Lipinski definition) is 0. The zero-order chi connectivity index (χ0) is 24.8. The fourth-order valence-electron chi connectivity index (χ4n) is 5.27. The number of nitriles is 1. The van der Waals surface area contributed by atoms with Crippen molar-refractivity contribution < 1.29 is 0 Å². The molecule has 37 heavy (non-hydrogen) atoms. The van der Waals surface area contributed by atoms with Gasteiger partial charge in [0.15, 0.2) is 0 Å². The largest absolute Gasteiger partial charge is 0.294 e. The SMILES string of the molecule is N#Cc1ccc(-c2cc(-n3c4ccccc4c4cc(-c5ccccc5)ccc43)nc3ccccc23)cc1. The number of para-hydroxylation sites is 2. The van der Waals surface area contributed by atoms with Gasteiger partial charge in [-0.15, -0.1) is 0 Å². The molecule has 0 fully saturated rings. The molecule has 0 N–H and O–H groups in total. The fourth-order valence-corrected chi connectivity index (χ4v) is 5.27. The molecule has 0 saturated carbocycles. The molecule has 0 saturated heterocycles. The van der Waals surface area contributed by atoms with Crippen LogP contribution in [0.1, 0.15) is 5.56 Å². The molecule has 7 rings (SSSR count). The topological polar surface area (TPSA) is 41.6 Å². The van der Waals surface area contributed by atoms with Crippen LogP contribution in [-0.4, -0.2) is 9.55 Å². The smallest absolute Gasteiger partial charge is 0.138 e. The van der Waals surface area contributed by atoms with E-state index in [1.165, 1.54) is 21.9 Å². The summed E-state index contributed by atoms with van der Waals surface area (Å²) in [6, 6.07) is 46.1. The molecule has 0 amide bonds. The first-order chi connectivity index (χ1) is 18.3. The van der Waals surface area contributed by atoms with Crippen molar-refractivity contribution in [1.82, 2.24) is 9.55 Å². The summed E-state index contributed by atoms with van der Waals surface area (Å²) in [4.78, 5) is 5.13. The van der Waals surface area contributed by atoms with Gasteiger partial charge in [-0.1, -0.05) is 84.9 Å². The highest BCUT2D eigenvalue weighted by Crippen LogP contribution is 2.37. The van der Waals surface area contributed by atoms with Crippen LogP contribution in [0.15, 0.2) is 127 Å². The van der Waals surface area contributed by atoms with Crippen LogP contribution in [0.2, 0.25) is 0 Å². The number of benzene rings is 5. The van der Waals surface area contributed by atoms with E-state index < -0.39 is 0 Å². The second kappa shape index (κ2) is 8.48. The van der Waals surface area contributed by atoms with Crippen LogP contribution < -0.4 is 0 Å². The summed E-state index contributed by atoms with van der Waals surface area (Å²) in [6.45, 7) is 0. The maximum Gasteiger partial charge on any atom is 0.138 e. The van der Waals surface area contributed by atoms with E-state index in [0.29, 0.717) is 5.56 Å². The van der Waals surface area contributed by atoms with E-state index in [0.717, 1.165) is 38.9 Å². The number of pyridine rings is 1. The van der Waals surface area contributed by atoms with Gasteiger partial charge in [-0.2, -0.15) is 5.26 Å². The summed E-state index contributed by atoms with van der Waals surface area (Å²) >= 11 is 0. The van der Waals surface area contributed by atoms with Crippen LogP contribution in [0.25, 0.3) is 60.8 Å². The molecule has 0 bridgehead atoms. The number of fused-ring (bicyclic) bond motifs is 4. The lowest BCUT2D eigenvalue weighted by molar-refractivity contribution is 1.10. The molecule has 3 nitrogen and oxygen atoms in total. The number of rotatable bonds is 3. The van der Waals surface area contributed by atoms with Crippen LogP contribution in [0.5, 0.6) is 0 Å². The third-order valence-corrected chi connectivity index (χ3v) is 7.04. The molecule has 0 unspecified atom stereocenters. The molecule has 0 radical (unpaired) electrons. The predicted molar refractivity (Wildman–Crippen MR) is 152 cm³/mol. The first-order valence-corrected chi connectivity index (χ1v) is 12.3. The normalized spacial score (nSPS) is 11.2. The van der Waals surface area contributed by atoms with Crippen molar-refractivity contribution in [3.63, 3.8) is 0 Å². The number of aromatic nitrogens is 2. The summed E-state index contributed by atoms with van der Waals surface area (Å²) in [5.74, 6) is 0.872. The van der Waals surface area contributed by atoms with E-state index in [1.807, 2.05) is 42.5 Å². The van der Waals surface area contributed by atoms with Gasteiger partial charge < -0.3 is 0 Å². The van der Waals surface area contributed by atoms with Gasteiger partial charge in [0.1, 0.15) is 5.82 Å². The van der Waals surface area contributed by atoms with Crippen LogP contribution in [0.3, 0.4) is 0 Å². The molecule has 7 aromatic rings. The van der Waals surface area contributed by atoms with Crippen LogP contribution in [0.4, 0.5) is 0 Å². The predicted octanol–water partition coefficient (Wildman–Crippen LogP) is 8.54. The Labute approximate surface area is 214 Å². The Balaban J connectivity index is 1.52. The van der Waals surface area contributed by atoms with Gasteiger partial charge in [0.05, 0.1) is 28.2 Å². The average molecular weight is 472 g/mol. The zero-order valence-electron chi connectivity index (χ0n) is 20.0. The van der Waals surface area contributed by atoms with Gasteiger partial charge in [-0.25, -0.2) is 4.98 Å². The molecule has 0 aliphatic rings. The van der Waals surface area contributed by atoms with Crippen molar-refractivity contribution in [1.29, 1.82) is 5.26 Å². The molecular formula is C34H21N3. The van der Waals surface area contributed by atoms with Crippen molar-refractivity contribution in [3.8, 4) is 34.1 Å². The van der Waals surface area contributed by atoms with Gasteiger partial charge in [0, 0.05) is 16.2 Å². The molecule has 0 aliphatic heterocycles. The van der Waals surface area contributed by atoms with E-state index in [2.05, 4.69) is 95.6 Å². The van der Waals surface area contributed by atoms with Crippen LogP contribution >= 0.6 is 0 Å². The Kier molecular flexibility index (Phi) is 4.84. The van der Waals surface area contributed by atoms with Gasteiger partial charge in [-0.3, -0.25) is 4.57 Å². The minimum atomic E-state index is 0.652. The number of hydrogen-bond acceptors (Lipinski definition) is 2. The van der Waals surface area contributed by atoms with Crippen molar-refractivity contribution >= 4 is 32.7 Å². The molecule has 3 heteroatoms. The fraction of sp³-hybridized carbons (Fsp3) is 0. The lowest BCUT2D eigenvalue weighted by Crippen LogP contribution is -1.99. The van der Waals surface area contributed by atoms with Gasteiger partial charge in [0.2, 0.25) is 0 Å². The molecule has 172 valence electrons. The zero-order valence-corrected chi connectivity index (χ0v) is 20.0. The van der Waals surface area contributed by atoms with Gasteiger partial charge >= 0.3 is 0 Å². The van der Waals surface area contributed by atoms with E-state index in [4.69, 9.17) is 4.98 Å². The Hall–Kier alpha value is -5.20. The second-order valence-electron chi connectivity index (χ2n) is 9.18. The standard InChI is InChI=1S/C34H21N3/c35-22-23-14-16-25(17-15-23)29-21-34(36-31-12-6-4-10-27(29)31)37-32-13-7-5-11-28(32)30-20-26(18-19-33(30)37)24-8-2-1-3-9-24/h1-21H. The summed E-state index contributed by atoms with van der Waals surface area (Å²) in [6.07, 6.45) is 0. The van der Waals surface area contributed by atoms with Crippen LogP contribution in [0, 0.1) is 11.3 Å². The third kappa shape index (κ3) is 3.47. The van der Waals surface area contributed by atoms with Gasteiger partial charge in [-0.05, 0) is 64.7 Å². The van der Waals surface area contributed by atoms with Crippen molar-refractivity contribution in [2.75, 3.05) is 0 Å². The highest BCUT2D eigenvalue weighted by atomic mass is 15.1. The summed E-state index contributed by atoms with van der Waals surface area (Å²) in [5, 5.41) is 12.8. The molecular weight excluding hydrogens is 450 g/mol. The Morgan fingerprint density at radius 3 is 2.03 bits per heavy atom. The lowest BCUT2D eigenvalue weighted by Gasteiger charge is -2.13. The molecule has 0 aliphatic carbocycles. The van der Waals surface area contributed by atoms with Crippen molar-refractivity contribution in [3.05, 3.63) is 133 Å². The van der Waals surface area contributed by atoms with E-state index in [1.54, 1.807) is 0 Å². The molecule has 2 heterocycles. The van der Waals surface area contributed by atoms with E-state index in [9.17, 15) is 5.26 Å². The minimum Gasteiger partial charge on any atom is -0.294 e. The maximum atomic E-state index is 9.27. The second-order valence-corrected chi connectivity index (χ2v) is 9.18. The Bertz CT molecular complexity index is 1970. The Morgan fingerprint density at radius 2 is 1.22 bits per heavy atom. The quantitative estimate of drug-likeness (QED) is 0.259. The maximum absolute atomic E-state index is 9.27. The average Bonchev–Trinajstić information content (AvgIpc) is 3.31. The minimum absolute atomic E-state index is 0.652. The third-order valence-electron chi connectivity index (χ3n) is 7.04. The van der Waals surface area contributed by atoms with Crippen molar-refractivity contribution in [2.45, 2.75) is 0 Å². The molecule has 5 aromatic carbocycles. The van der Waals surface area contributed by atoms with Crippen LogP contribution in [-0.2, 0) is 0 Å². The summed E-state index contributed by atoms with van der Waals surface area (Å²) < 4.78 is 2.26. The highest BCUT2D eigenvalue weighted by molar-refractivity contribution is 6.10. The molecule has 2 aromatic heterocycles. The number of nitrogens with zero attached hydrogens (tertiary/aromatic N) is 3. The summed E-state index contributed by atoms with van der Waals surface area (Å²) in [7, 11) is 0. The highest BCUT2D eigenvalue weighted by Gasteiger charge is 2.16. The van der Waals surface area contributed by atoms with Crippen molar-refractivity contribution in [2.24, 2.45) is 0 Å². The molecule has 0 atom stereocenters.